The molecule has 2 N–H and O–H groups in total. The van der Waals surface area contributed by atoms with Crippen molar-refractivity contribution >= 4 is 18.0 Å². The third kappa shape index (κ3) is 6.21. The van der Waals surface area contributed by atoms with Crippen molar-refractivity contribution in [3.63, 3.8) is 0 Å². The van der Waals surface area contributed by atoms with Gasteiger partial charge in [0.1, 0.15) is 13.2 Å². The average Bonchev–Trinajstić information content (AvgIpc) is 3.13. The van der Waals surface area contributed by atoms with Gasteiger partial charge in [0.25, 0.3) is 0 Å². The lowest BCUT2D eigenvalue weighted by atomic mass is 9.84. The molecule has 0 saturated carbocycles. The molecule has 7 heteroatoms. The number of rotatable bonds is 9. The molecule has 0 aliphatic heterocycles. The van der Waals surface area contributed by atoms with Crippen LogP contribution in [0.3, 0.4) is 0 Å². The van der Waals surface area contributed by atoms with E-state index in [2.05, 4.69) is 29.6 Å². The van der Waals surface area contributed by atoms with Crippen LogP contribution in [0.4, 0.5) is 4.79 Å². The normalized spacial score (nSPS) is 14.4. The second kappa shape index (κ2) is 10.5. The molecule has 7 nitrogen and oxygen atoms in total. The highest BCUT2D eigenvalue weighted by molar-refractivity contribution is 5.86. The van der Waals surface area contributed by atoms with E-state index >= 15 is 0 Å². The van der Waals surface area contributed by atoms with Gasteiger partial charge in [-0.1, -0.05) is 76.2 Å². The van der Waals surface area contributed by atoms with Crippen molar-refractivity contribution in [2.75, 3.05) is 26.2 Å². The highest BCUT2D eigenvalue weighted by Gasteiger charge is 2.38. The fourth-order valence-corrected chi connectivity index (χ4v) is 4.59. The fourth-order valence-electron chi connectivity index (χ4n) is 4.59. The zero-order chi connectivity index (χ0) is 25.8. The van der Waals surface area contributed by atoms with Gasteiger partial charge in [-0.2, -0.15) is 0 Å². The number of hydrogen-bond acceptors (Lipinski definition) is 4. The fraction of sp³-hybridized carbons (Fsp3) is 0.464. The Kier molecular flexibility index (Phi) is 7.88. The summed E-state index contributed by atoms with van der Waals surface area (Å²) in [6.45, 7) is 9.62. The summed E-state index contributed by atoms with van der Waals surface area (Å²) in [5.41, 5.74) is 3.34. The number of fused-ring (bicyclic) bond motifs is 3. The highest BCUT2D eigenvalue weighted by Crippen LogP contribution is 2.44. The summed E-state index contributed by atoms with van der Waals surface area (Å²) >= 11 is 0. The third-order valence-corrected chi connectivity index (χ3v) is 6.54. The SMILES string of the molecule is CCC(C)(CNC(=O)OCC1c2ccccc2-c2ccccc21)C(=O)N(CC(=O)O)CC(C)(C)C. The van der Waals surface area contributed by atoms with Crippen LogP contribution in [0.5, 0.6) is 0 Å². The summed E-state index contributed by atoms with van der Waals surface area (Å²) in [6, 6.07) is 16.2. The van der Waals surface area contributed by atoms with Gasteiger partial charge in [-0.15, -0.1) is 0 Å². The van der Waals surface area contributed by atoms with Gasteiger partial charge in [0, 0.05) is 19.0 Å². The maximum atomic E-state index is 13.3. The Hall–Kier alpha value is -3.35. The van der Waals surface area contributed by atoms with E-state index in [9.17, 15) is 19.5 Å². The average molecular weight is 481 g/mol. The first-order chi connectivity index (χ1) is 16.4. The minimum Gasteiger partial charge on any atom is -0.480 e. The number of carbonyl (C=O) groups is 3. The number of amides is 2. The maximum Gasteiger partial charge on any atom is 0.407 e. The standard InChI is InChI=1S/C28H36N2O5/c1-6-28(5,25(33)30(15-24(31)32)18-27(2,3)4)17-29-26(34)35-16-23-21-13-9-7-11-19(21)20-12-8-10-14-22(20)23/h7-14,23H,6,15-18H2,1-5H3,(H,29,34)(H,31,32). The number of benzene rings is 2. The molecule has 2 aromatic rings. The van der Waals surface area contributed by atoms with Crippen LogP contribution < -0.4 is 5.32 Å². The first kappa shape index (κ1) is 26.3. The molecule has 0 heterocycles. The van der Waals surface area contributed by atoms with Crippen LogP contribution in [-0.4, -0.2) is 54.2 Å². The first-order valence-electron chi connectivity index (χ1n) is 12.1. The quantitative estimate of drug-likeness (QED) is 0.532. The van der Waals surface area contributed by atoms with Gasteiger partial charge in [-0.3, -0.25) is 9.59 Å². The number of nitrogens with zero attached hydrogens (tertiary/aromatic N) is 1. The van der Waals surface area contributed by atoms with Crippen molar-refractivity contribution in [1.82, 2.24) is 10.2 Å². The Balaban J connectivity index is 1.65. The van der Waals surface area contributed by atoms with Gasteiger partial charge < -0.3 is 20.1 Å². The number of alkyl carbamates (subject to hydrolysis) is 1. The lowest BCUT2D eigenvalue weighted by molar-refractivity contribution is -0.150. The summed E-state index contributed by atoms with van der Waals surface area (Å²) in [5.74, 6) is -1.41. The molecule has 0 spiro atoms. The Morgan fingerprint density at radius 2 is 1.51 bits per heavy atom. The molecule has 2 aromatic carbocycles. The number of carbonyl (C=O) groups excluding carboxylic acids is 2. The lowest BCUT2D eigenvalue weighted by Crippen LogP contribution is -2.51. The van der Waals surface area contributed by atoms with E-state index < -0.39 is 17.5 Å². The van der Waals surface area contributed by atoms with E-state index in [0.29, 0.717) is 13.0 Å². The smallest absolute Gasteiger partial charge is 0.407 e. The summed E-state index contributed by atoms with van der Waals surface area (Å²) < 4.78 is 5.60. The van der Waals surface area contributed by atoms with Crippen molar-refractivity contribution < 1.29 is 24.2 Å². The van der Waals surface area contributed by atoms with Gasteiger partial charge in [0.05, 0.1) is 5.41 Å². The van der Waals surface area contributed by atoms with Gasteiger partial charge in [-0.25, -0.2) is 4.79 Å². The summed E-state index contributed by atoms with van der Waals surface area (Å²) in [4.78, 5) is 38.7. The van der Waals surface area contributed by atoms with E-state index in [0.717, 1.165) is 22.3 Å². The number of carboxylic acids is 1. The van der Waals surface area contributed by atoms with Crippen LogP contribution in [0.2, 0.25) is 0 Å². The van der Waals surface area contributed by atoms with Crippen LogP contribution in [0.1, 0.15) is 58.1 Å². The van der Waals surface area contributed by atoms with Gasteiger partial charge >= 0.3 is 12.1 Å². The molecular weight excluding hydrogens is 444 g/mol. The van der Waals surface area contributed by atoms with Gasteiger partial charge in [0.15, 0.2) is 0 Å². The molecule has 0 radical (unpaired) electrons. The van der Waals surface area contributed by atoms with Crippen LogP contribution >= 0.6 is 0 Å². The largest absolute Gasteiger partial charge is 0.480 e. The highest BCUT2D eigenvalue weighted by atomic mass is 16.5. The predicted molar refractivity (Wildman–Crippen MR) is 135 cm³/mol. The van der Waals surface area contributed by atoms with Gasteiger partial charge in [0.2, 0.25) is 5.91 Å². The van der Waals surface area contributed by atoms with E-state index in [-0.39, 0.29) is 36.9 Å². The van der Waals surface area contributed by atoms with Crippen molar-refractivity contribution in [3.8, 4) is 11.1 Å². The monoisotopic (exact) mass is 480 g/mol. The molecule has 0 bridgehead atoms. The number of nitrogens with one attached hydrogen (secondary N) is 1. The summed E-state index contributed by atoms with van der Waals surface area (Å²) in [7, 11) is 0. The molecule has 0 saturated heterocycles. The van der Waals surface area contributed by atoms with Crippen LogP contribution in [0.25, 0.3) is 11.1 Å². The Bertz CT molecular complexity index is 1050. The number of carboxylic acid groups (broad SMARTS) is 1. The molecule has 0 aromatic heterocycles. The molecule has 1 atom stereocenters. The number of aliphatic carboxylic acids is 1. The summed E-state index contributed by atoms with van der Waals surface area (Å²) in [6.07, 6.45) is -0.157. The van der Waals surface area contributed by atoms with Gasteiger partial charge in [-0.05, 0) is 41.0 Å². The first-order valence-corrected chi connectivity index (χ1v) is 12.1. The van der Waals surface area contributed by atoms with E-state index in [1.807, 2.05) is 52.0 Å². The number of hydrogen-bond donors (Lipinski definition) is 2. The lowest BCUT2D eigenvalue weighted by Gasteiger charge is -2.36. The zero-order valence-corrected chi connectivity index (χ0v) is 21.3. The van der Waals surface area contributed by atoms with Crippen molar-refractivity contribution in [3.05, 3.63) is 59.7 Å². The Morgan fingerprint density at radius 1 is 0.971 bits per heavy atom. The second-order valence-electron chi connectivity index (χ2n) is 10.7. The minimum atomic E-state index is -1.06. The van der Waals surface area contributed by atoms with Crippen molar-refractivity contribution in [1.29, 1.82) is 0 Å². The minimum absolute atomic E-state index is 0.0508. The van der Waals surface area contributed by atoms with E-state index in [1.165, 1.54) is 4.90 Å². The molecule has 2 amide bonds. The second-order valence-corrected chi connectivity index (χ2v) is 10.7. The zero-order valence-electron chi connectivity index (χ0n) is 21.3. The molecule has 1 aliphatic rings. The van der Waals surface area contributed by atoms with E-state index in [1.54, 1.807) is 6.92 Å². The maximum absolute atomic E-state index is 13.3. The molecule has 1 unspecified atom stereocenters. The van der Waals surface area contributed by atoms with Crippen molar-refractivity contribution in [2.24, 2.45) is 10.8 Å². The molecule has 35 heavy (non-hydrogen) atoms. The van der Waals surface area contributed by atoms with Crippen molar-refractivity contribution in [2.45, 2.75) is 47.0 Å². The predicted octanol–water partition coefficient (Wildman–Crippen LogP) is 4.90. The summed E-state index contributed by atoms with van der Waals surface area (Å²) in [5, 5.41) is 12.1. The molecular formula is C28H36N2O5. The molecule has 3 rings (SSSR count). The number of ether oxygens (including phenoxy) is 1. The molecule has 1 aliphatic carbocycles. The van der Waals surface area contributed by atoms with Crippen LogP contribution in [-0.2, 0) is 14.3 Å². The topological polar surface area (TPSA) is 95.9 Å². The van der Waals surface area contributed by atoms with Crippen LogP contribution in [0.15, 0.2) is 48.5 Å². The van der Waals surface area contributed by atoms with Crippen LogP contribution in [0, 0.1) is 10.8 Å². The third-order valence-electron chi connectivity index (χ3n) is 6.54. The molecule has 188 valence electrons. The van der Waals surface area contributed by atoms with E-state index in [4.69, 9.17) is 4.74 Å². The molecule has 0 fully saturated rings. The Labute approximate surface area is 207 Å². The Morgan fingerprint density at radius 3 is 2.00 bits per heavy atom.